The summed E-state index contributed by atoms with van der Waals surface area (Å²) < 4.78 is 4.96. The van der Waals surface area contributed by atoms with Gasteiger partial charge in [-0.05, 0) is 36.7 Å². The molecule has 0 aromatic heterocycles. The molecule has 1 aromatic rings. The number of nitrogens with one attached hydrogen (secondary N) is 4. The first-order valence-electron chi connectivity index (χ1n) is 19.8. The van der Waals surface area contributed by atoms with E-state index in [-0.39, 0.29) is 53.7 Å². The van der Waals surface area contributed by atoms with Gasteiger partial charge in [0, 0.05) is 37.6 Å². The Hall–Kier alpha value is -3.79. The molecule has 1 spiro atoms. The van der Waals surface area contributed by atoms with Gasteiger partial charge in [-0.1, -0.05) is 90.6 Å². The van der Waals surface area contributed by atoms with Crippen molar-refractivity contribution in [2.24, 2.45) is 11.8 Å². The number of carbonyl (C=O) groups excluding carboxylic acids is 7. The summed E-state index contributed by atoms with van der Waals surface area (Å²) in [5.41, 5.74) is 0.555. The number of ketones is 1. The largest absolute Gasteiger partial charge is 0.449 e. The van der Waals surface area contributed by atoms with Crippen LogP contribution in [0.3, 0.4) is 0 Å². The molecule has 14 nitrogen and oxygen atoms in total. The van der Waals surface area contributed by atoms with Crippen molar-refractivity contribution in [2.45, 2.75) is 125 Å². The summed E-state index contributed by atoms with van der Waals surface area (Å²) in [6.07, 6.45) is 4.69. The van der Waals surface area contributed by atoms with Crippen molar-refractivity contribution in [1.82, 2.24) is 31.1 Å². The van der Waals surface area contributed by atoms with Gasteiger partial charge in [0.15, 0.2) is 0 Å². The van der Waals surface area contributed by atoms with Crippen LogP contribution in [0.15, 0.2) is 30.3 Å². The second kappa shape index (κ2) is 20.6. The third-order valence-corrected chi connectivity index (χ3v) is 14.3. The van der Waals surface area contributed by atoms with E-state index in [0.717, 1.165) is 32.1 Å². The van der Waals surface area contributed by atoms with E-state index in [2.05, 4.69) is 35.1 Å². The van der Waals surface area contributed by atoms with Crippen LogP contribution in [0, 0.1) is 11.8 Å². The number of carbonyl (C=O) groups is 7. The van der Waals surface area contributed by atoms with E-state index in [0.29, 0.717) is 18.4 Å². The summed E-state index contributed by atoms with van der Waals surface area (Å²) in [5, 5.41) is 11.2. The van der Waals surface area contributed by atoms with Gasteiger partial charge in [0.1, 0.15) is 18.1 Å². The van der Waals surface area contributed by atoms with Crippen LogP contribution in [0.2, 0.25) is 0 Å². The second-order valence-electron chi connectivity index (χ2n) is 15.8. The van der Waals surface area contributed by atoms with Crippen molar-refractivity contribution in [3.05, 3.63) is 35.9 Å². The van der Waals surface area contributed by atoms with Crippen molar-refractivity contribution in [3.63, 3.8) is 0 Å². The lowest BCUT2D eigenvalue weighted by Crippen LogP contribution is -2.58. The molecule has 4 rings (SSSR count). The fourth-order valence-electron chi connectivity index (χ4n) is 7.45. The highest BCUT2D eigenvalue weighted by molar-refractivity contribution is 8.22. The topological polar surface area (TPSA) is 183 Å². The first-order chi connectivity index (χ1) is 26.6. The Bertz CT molecular complexity index is 1560. The highest BCUT2D eigenvalue weighted by Crippen LogP contribution is 2.58. The molecule has 1 saturated carbocycles. The number of hydrogen-bond acceptors (Lipinski definition) is 10. The van der Waals surface area contributed by atoms with Crippen LogP contribution in [-0.2, 0) is 33.5 Å². The van der Waals surface area contributed by atoms with Crippen LogP contribution in [0.1, 0.15) is 97.6 Å². The fourth-order valence-corrected chi connectivity index (χ4v) is 11.6. The molecule has 1 aliphatic carbocycles. The Kier molecular flexibility index (Phi) is 16.5. The smallest absolute Gasteiger partial charge is 0.407 e. The Labute approximate surface area is 339 Å². The van der Waals surface area contributed by atoms with Crippen LogP contribution in [0.4, 0.5) is 4.79 Å². The van der Waals surface area contributed by atoms with Gasteiger partial charge < -0.3 is 35.8 Å². The maximum absolute atomic E-state index is 14.6. The molecule has 3 fully saturated rings. The molecule has 2 saturated heterocycles. The maximum atomic E-state index is 14.6. The highest BCUT2D eigenvalue weighted by atomic mass is 32.2. The van der Waals surface area contributed by atoms with Crippen molar-refractivity contribution in [1.29, 1.82) is 0 Å². The van der Waals surface area contributed by atoms with E-state index in [4.69, 9.17) is 4.74 Å². The SMILES string of the molecule is CCCC(NC(=O)[C@@H]1CC2(CN1C(=O)C(NC(=O)OCC(C)C)C1CCCCC1)SC(C)C(C)S2)C(=O)C(=O)NCC(=O)NC(C(=O)N(C)C)c1ccccc1. The van der Waals surface area contributed by atoms with Crippen molar-refractivity contribution >= 4 is 64.9 Å². The van der Waals surface area contributed by atoms with Crippen molar-refractivity contribution in [3.8, 4) is 0 Å². The average molecular weight is 817 g/mol. The predicted molar refractivity (Wildman–Crippen MR) is 218 cm³/mol. The molecule has 56 heavy (non-hydrogen) atoms. The Balaban J connectivity index is 1.49. The molecule has 16 heteroatoms. The van der Waals surface area contributed by atoms with Crippen LogP contribution in [0.5, 0.6) is 0 Å². The highest BCUT2D eigenvalue weighted by Gasteiger charge is 2.56. The van der Waals surface area contributed by atoms with Gasteiger partial charge in [0.05, 0.1) is 23.3 Å². The molecule has 310 valence electrons. The molecule has 6 atom stereocenters. The number of ether oxygens (including phenoxy) is 1. The Morgan fingerprint density at radius 2 is 1.57 bits per heavy atom. The molecule has 2 aliphatic heterocycles. The molecular formula is C40H60N6O8S2. The molecule has 2 heterocycles. The fraction of sp³-hybridized carbons (Fsp3) is 0.675. The second-order valence-corrected chi connectivity index (χ2v) is 19.6. The van der Waals surface area contributed by atoms with Gasteiger partial charge >= 0.3 is 6.09 Å². The zero-order chi connectivity index (χ0) is 41.2. The minimum Gasteiger partial charge on any atom is -0.449 e. The van der Waals surface area contributed by atoms with E-state index in [9.17, 15) is 33.6 Å². The summed E-state index contributed by atoms with van der Waals surface area (Å²) in [7, 11) is 3.13. The van der Waals surface area contributed by atoms with Crippen molar-refractivity contribution < 1.29 is 38.3 Å². The number of alkyl carbamates (subject to hydrolysis) is 1. The summed E-state index contributed by atoms with van der Waals surface area (Å²) in [6, 6.07) is 4.62. The quantitative estimate of drug-likeness (QED) is 0.179. The van der Waals surface area contributed by atoms with Gasteiger partial charge in [-0.15, -0.1) is 23.5 Å². The lowest BCUT2D eigenvalue weighted by Gasteiger charge is -2.34. The van der Waals surface area contributed by atoms with Gasteiger partial charge in [0.2, 0.25) is 29.4 Å². The van der Waals surface area contributed by atoms with Gasteiger partial charge in [-0.3, -0.25) is 28.8 Å². The zero-order valence-corrected chi connectivity index (χ0v) is 35.4. The first-order valence-corrected chi connectivity index (χ1v) is 21.6. The lowest BCUT2D eigenvalue weighted by atomic mass is 9.83. The molecule has 5 unspecified atom stereocenters. The van der Waals surface area contributed by atoms with E-state index >= 15 is 0 Å². The van der Waals surface area contributed by atoms with E-state index in [1.165, 1.54) is 4.90 Å². The summed E-state index contributed by atoms with van der Waals surface area (Å²) >= 11 is 3.48. The van der Waals surface area contributed by atoms with Crippen LogP contribution >= 0.6 is 23.5 Å². The normalized spacial score (nSPS) is 23.9. The van der Waals surface area contributed by atoms with Crippen LogP contribution in [0.25, 0.3) is 0 Å². The molecule has 1 aromatic carbocycles. The number of amides is 6. The first kappa shape index (κ1) is 44.9. The van der Waals surface area contributed by atoms with E-state index in [1.54, 1.807) is 72.9 Å². The maximum Gasteiger partial charge on any atom is 0.407 e. The van der Waals surface area contributed by atoms with Crippen molar-refractivity contribution in [2.75, 3.05) is 33.8 Å². The van der Waals surface area contributed by atoms with E-state index < -0.39 is 64.4 Å². The third-order valence-electron chi connectivity index (χ3n) is 10.5. The number of nitrogens with zero attached hydrogens (tertiary/aromatic N) is 2. The zero-order valence-electron chi connectivity index (χ0n) is 33.8. The third kappa shape index (κ3) is 11.9. The number of thioether (sulfide) groups is 2. The predicted octanol–water partition coefficient (Wildman–Crippen LogP) is 3.79. The number of rotatable bonds is 16. The average Bonchev–Trinajstić information content (AvgIpc) is 3.69. The number of Topliss-reactive ketones (excluding diaryl/α,β-unsaturated/α-hetero) is 1. The molecular weight excluding hydrogens is 757 g/mol. The van der Waals surface area contributed by atoms with Crippen LogP contribution < -0.4 is 21.3 Å². The van der Waals surface area contributed by atoms with Crippen LogP contribution in [-0.4, -0.2) is 118 Å². The Morgan fingerprint density at radius 1 is 0.929 bits per heavy atom. The lowest BCUT2D eigenvalue weighted by molar-refractivity contribution is -0.143. The molecule has 3 aliphatic rings. The minimum atomic E-state index is -1.21. The summed E-state index contributed by atoms with van der Waals surface area (Å²) in [4.78, 5) is 97.4. The monoisotopic (exact) mass is 816 g/mol. The molecule has 4 N–H and O–H groups in total. The van der Waals surface area contributed by atoms with Gasteiger partial charge in [-0.25, -0.2) is 4.79 Å². The number of likely N-dealkylation sites (N-methyl/N-ethyl adjacent to an activating group) is 1. The molecule has 6 amide bonds. The molecule has 0 bridgehead atoms. The van der Waals surface area contributed by atoms with Gasteiger partial charge in [0.25, 0.3) is 5.91 Å². The molecule has 0 radical (unpaired) electrons. The van der Waals surface area contributed by atoms with E-state index in [1.807, 2.05) is 20.8 Å². The summed E-state index contributed by atoms with van der Waals surface area (Å²) in [6.45, 7) is 9.84. The number of benzene rings is 1. The Morgan fingerprint density at radius 3 is 2.16 bits per heavy atom. The van der Waals surface area contributed by atoms with Gasteiger partial charge in [-0.2, -0.15) is 0 Å². The number of hydrogen-bond donors (Lipinski definition) is 4. The summed E-state index contributed by atoms with van der Waals surface area (Å²) in [5.74, 6) is -3.96. The number of likely N-dealkylation sites (tertiary alicyclic amines) is 1. The standard InChI is InChI=1S/C40H60N6O8S2/c1-8-15-29(34(48)36(50)41-21-31(47)43-32(37(51)45(6)7)27-16-11-9-12-17-27)42-35(49)30-20-40(55-25(4)26(5)56-40)23-46(30)38(52)33(28-18-13-10-14-19-28)44-39(53)54-22-24(2)3/h9,11-12,16-17,24-26,28-30,32-33H,8,10,13-15,18-23H2,1-7H3,(H,41,50)(H,42,49)(H,43,47)(H,44,53)/t25?,26?,29?,30-,32?,33?,40?/m0/s1. The minimum absolute atomic E-state index is 0.111.